The molecule has 0 atom stereocenters. The molecule has 1 heterocycles. The number of aromatic nitrogens is 2. The Morgan fingerprint density at radius 3 is 3.18 bits per heavy atom. The number of halogens is 1. The molecule has 1 rings (SSSR count). The third-order valence-corrected chi connectivity index (χ3v) is 1.83. The second-order valence-corrected chi connectivity index (χ2v) is 2.92. The van der Waals surface area contributed by atoms with Gasteiger partial charge in [-0.2, -0.15) is 0 Å². The van der Waals surface area contributed by atoms with Gasteiger partial charge in [0.1, 0.15) is 5.82 Å². The number of anilines is 1. The first-order chi connectivity index (χ1) is 5.24. The van der Waals surface area contributed by atoms with Crippen molar-refractivity contribution in [1.29, 1.82) is 0 Å². The maximum absolute atomic E-state index is 10.7. The molecule has 0 bridgehead atoms. The minimum absolute atomic E-state index is 0.366. The predicted octanol–water partition coefficient (Wildman–Crippen LogP) is 0.930. The lowest BCUT2D eigenvalue weighted by Gasteiger charge is -2.00. The van der Waals surface area contributed by atoms with E-state index in [4.69, 9.17) is 0 Å². The summed E-state index contributed by atoms with van der Waals surface area (Å²) in [7, 11) is 0. The molecule has 0 saturated heterocycles. The van der Waals surface area contributed by atoms with E-state index in [0.717, 1.165) is 3.57 Å². The molecule has 1 aromatic rings. The zero-order chi connectivity index (χ0) is 8.27. The van der Waals surface area contributed by atoms with Crippen molar-refractivity contribution in [2.75, 3.05) is 5.32 Å². The molecule has 0 aliphatic heterocycles. The van der Waals surface area contributed by atoms with Crippen LogP contribution in [0.2, 0.25) is 0 Å². The molecular formula is C6H6IN3O. The SMILES string of the molecule is C=CNc1[nH]c(=O)ncc1I. The Morgan fingerprint density at radius 2 is 2.55 bits per heavy atom. The fourth-order valence-electron chi connectivity index (χ4n) is 0.586. The first kappa shape index (κ1) is 8.25. The van der Waals surface area contributed by atoms with Gasteiger partial charge >= 0.3 is 5.69 Å². The quantitative estimate of drug-likeness (QED) is 0.780. The van der Waals surface area contributed by atoms with Crippen LogP contribution < -0.4 is 11.0 Å². The van der Waals surface area contributed by atoms with E-state index < -0.39 is 0 Å². The van der Waals surface area contributed by atoms with Gasteiger partial charge in [-0.15, -0.1) is 0 Å². The van der Waals surface area contributed by atoms with Gasteiger partial charge in [0, 0.05) is 6.20 Å². The summed E-state index contributed by atoms with van der Waals surface area (Å²) in [6, 6.07) is 0. The molecule has 11 heavy (non-hydrogen) atoms. The van der Waals surface area contributed by atoms with Gasteiger partial charge in [-0.25, -0.2) is 9.78 Å². The molecule has 5 heteroatoms. The molecule has 0 aliphatic carbocycles. The normalized spacial score (nSPS) is 9.18. The van der Waals surface area contributed by atoms with Gasteiger partial charge in [-0.1, -0.05) is 6.58 Å². The summed E-state index contributed by atoms with van der Waals surface area (Å²) in [5, 5.41) is 2.78. The maximum Gasteiger partial charge on any atom is 0.346 e. The molecule has 0 unspecified atom stereocenters. The van der Waals surface area contributed by atoms with Gasteiger partial charge in [0.25, 0.3) is 0 Å². The number of hydrogen-bond acceptors (Lipinski definition) is 3. The van der Waals surface area contributed by atoms with Crippen LogP contribution in [-0.4, -0.2) is 9.97 Å². The smallest absolute Gasteiger partial charge is 0.346 e. The molecule has 0 fully saturated rings. The highest BCUT2D eigenvalue weighted by atomic mass is 127. The summed E-state index contributed by atoms with van der Waals surface area (Å²) >= 11 is 2.06. The van der Waals surface area contributed by atoms with Crippen molar-refractivity contribution in [2.45, 2.75) is 0 Å². The summed E-state index contributed by atoms with van der Waals surface area (Å²) in [6.45, 7) is 3.47. The zero-order valence-corrected chi connectivity index (χ0v) is 7.75. The molecule has 4 nitrogen and oxygen atoms in total. The van der Waals surface area contributed by atoms with Crippen LogP contribution in [0.25, 0.3) is 0 Å². The van der Waals surface area contributed by atoms with E-state index in [0.29, 0.717) is 5.82 Å². The lowest BCUT2D eigenvalue weighted by molar-refractivity contribution is 1.07. The van der Waals surface area contributed by atoms with Crippen LogP contribution in [0.5, 0.6) is 0 Å². The average Bonchev–Trinajstić information content (AvgIpc) is 1.98. The monoisotopic (exact) mass is 263 g/mol. The Morgan fingerprint density at radius 1 is 1.82 bits per heavy atom. The Kier molecular flexibility index (Phi) is 2.64. The fourth-order valence-corrected chi connectivity index (χ4v) is 1.02. The Labute approximate surface area is 76.9 Å². The van der Waals surface area contributed by atoms with Crippen molar-refractivity contribution in [3.8, 4) is 0 Å². The summed E-state index contributed by atoms with van der Waals surface area (Å²) in [5.41, 5.74) is -0.366. The van der Waals surface area contributed by atoms with E-state index in [2.05, 4.69) is 44.5 Å². The standard InChI is InChI=1S/C6H6IN3O/c1-2-8-5-4(7)3-9-6(11)10-5/h2-3H,1H2,(H2,8,9,10,11). The first-order valence-corrected chi connectivity index (χ1v) is 3.94. The van der Waals surface area contributed by atoms with Crippen LogP contribution in [0.4, 0.5) is 5.82 Å². The highest BCUT2D eigenvalue weighted by Crippen LogP contribution is 2.10. The highest BCUT2D eigenvalue weighted by Gasteiger charge is 1.96. The molecule has 0 radical (unpaired) electrons. The molecule has 58 valence electrons. The van der Waals surface area contributed by atoms with Crippen LogP contribution in [0.15, 0.2) is 23.8 Å². The van der Waals surface area contributed by atoms with E-state index in [1.54, 1.807) is 0 Å². The second-order valence-electron chi connectivity index (χ2n) is 1.76. The number of H-pyrrole nitrogens is 1. The predicted molar refractivity (Wildman–Crippen MR) is 51.4 cm³/mol. The average molecular weight is 263 g/mol. The number of nitrogens with zero attached hydrogens (tertiary/aromatic N) is 1. The zero-order valence-electron chi connectivity index (χ0n) is 5.60. The molecular weight excluding hydrogens is 257 g/mol. The molecule has 0 saturated carbocycles. The third-order valence-electron chi connectivity index (χ3n) is 1.01. The van der Waals surface area contributed by atoms with E-state index in [1.165, 1.54) is 12.4 Å². The van der Waals surface area contributed by atoms with Gasteiger partial charge in [0.2, 0.25) is 0 Å². The lowest BCUT2D eigenvalue weighted by atomic mass is 10.6. The van der Waals surface area contributed by atoms with Crippen LogP contribution >= 0.6 is 22.6 Å². The molecule has 2 N–H and O–H groups in total. The van der Waals surface area contributed by atoms with E-state index in [-0.39, 0.29) is 5.69 Å². The van der Waals surface area contributed by atoms with Crippen molar-refractivity contribution >= 4 is 28.4 Å². The lowest BCUT2D eigenvalue weighted by Crippen LogP contribution is -2.12. The van der Waals surface area contributed by atoms with Crippen LogP contribution in [0.1, 0.15) is 0 Å². The van der Waals surface area contributed by atoms with Gasteiger partial charge in [0.05, 0.1) is 3.57 Å². The number of aromatic amines is 1. The summed E-state index contributed by atoms with van der Waals surface area (Å²) in [5.74, 6) is 0.626. The van der Waals surface area contributed by atoms with Gasteiger partial charge in [0.15, 0.2) is 0 Å². The highest BCUT2D eigenvalue weighted by molar-refractivity contribution is 14.1. The van der Waals surface area contributed by atoms with Crippen LogP contribution in [0, 0.1) is 3.57 Å². The van der Waals surface area contributed by atoms with Gasteiger partial charge < -0.3 is 5.32 Å². The van der Waals surface area contributed by atoms with Crippen molar-refractivity contribution in [2.24, 2.45) is 0 Å². The number of rotatable bonds is 2. The molecule has 0 aliphatic rings. The second kappa shape index (κ2) is 3.51. The van der Waals surface area contributed by atoms with Crippen molar-refractivity contribution in [1.82, 2.24) is 9.97 Å². The summed E-state index contributed by atoms with van der Waals surface area (Å²) in [6.07, 6.45) is 2.98. The van der Waals surface area contributed by atoms with E-state index >= 15 is 0 Å². The summed E-state index contributed by atoms with van der Waals surface area (Å²) < 4.78 is 0.849. The van der Waals surface area contributed by atoms with Crippen LogP contribution in [-0.2, 0) is 0 Å². The summed E-state index contributed by atoms with van der Waals surface area (Å²) in [4.78, 5) is 16.7. The van der Waals surface area contributed by atoms with Crippen molar-refractivity contribution in [3.05, 3.63) is 33.0 Å². The Bertz CT molecular complexity index is 320. The molecule has 0 spiro atoms. The Balaban J connectivity index is 3.12. The van der Waals surface area contributed by atoms with Gasteiger partial charge in [-0.3, -0.25) is 4.98 Å². The Hall–Kier alpha value is -0.850. The van der Waals surface area contributed by atoms with Crippen LogP contribution in [0.3, 0.4) is 0 Å². The maximum atomic E-state index is 10.7. The van der Waals surface area contributed by atoms with Crippen molar-refractivity contribution in [3.63, 3.8) is 0 Å². The van der Waals surface area contributed by atoms with E-state index in [9.17, 15) is 4.79 Å². The molecule has 1 aromatic heterocycles. The fraction of sp³-hybridized carbons (Fsp3) is 0. The topological polar surface area (TPSA) is 57.8 Å². The largest absolute Gasteiger partial charge is 0.348 e. The van der Waals surface area contributed by atoms with Gasteiger partial charge in [-0.05, 0) is 28.8 Å². The van der Waals surface area contributed by atoms with E-state index in [1.807, 2.05) is 0 Å². The minimum atomic E-state index is -0.366. The third kappa shape index (κ3) is 2.04. The molecule has 0 aromatic carbocycles. The molecule has 0 amide bonds. The number of hydrogen-bond donors (Lipinski definition) is 2. The van der Waals surface area contributed by atoms with Crippen molar-refractivity contribution < 1.29 is 0 Å². The minimum Gasteiger partial charge on any atom is -0.348 e. The first-order valence-electron chi connectivity index (χ1n) is 2.86. The number of nitrogens with one attached hydrogen (secondary N) is 2.